The minimum absolute atomic E-state index is 0.0472. The van der Waals surface area contributed by atoms with Crippen LogP contribution in [0, 0.1) is 11.8 Å². The lowest BCUT2D eigenvalue weighted by atomic mass is 9.68. The van der Waals surface area contributed by atoms with Crippen molar-refractivity contribution in [3.63, 3.8) is 0 Å². The normalized spacial score (nSPS) is 20.6. The second-order valence-corrected chi connectivity index (χ2v) is 9.43. The van der Waals surface area contributed by atoms with Crippen LogP contribution in [0.5, 0.6) is 0 Å². The van der Waals surface area contributed by atoms with Gasteiger partial charge in [-0.25, -0.2) is 9.59 Å². The van der Waals surface area contributed by atoms with Crippen molar-refractivity contribution < 1.29 is 19.8 Å². The number of rotatable bonds is 8. The van der Waals surface area contributed by atoms with Crippen LogP contribution in [-0.2, 0) is 0 Å². The topological polar surface area (TPSA) is 74.6 Å². The monoisotopic (exact) mass is 414 g/mol. The van der Waals surface area contributed by atoms with Gasteiger partial charge in [-0.15, -0.1) is 0 Å². The van der Waals surface area contributed by atoms with E-state index < -0.39 is 11.9 Å². The molecule has 2 aliphatic rings. The molecule has 4 heteroatoms. The van der Waals surface area contributed by atoms with Crippen molar-refractivity contribution in [2.24, 2.45) is 11.8 Å². The summed E-state index contributed by atoms with van der Waals surface area (Å²) in [7, 11) is 0. The third-order valence-corrected chi connectivity index (χ3v) is 7.81. The molecule has 1 aromatic carbocycles. The largest absolute Gasteiger partial charge is 0.478 e. The maximum absolute atomic E-state index is 12.4. The molecule has 2 fully saturated rings. The zero-order chi connectivity index (χ0) is 21.7. The fourth-order valence-electron chi connectivity index (χ4n) is 6.42. The molecule has 0 aliphatic heterocycles. The number of benzene rings is 1. The van der Waals surface area contributed by atoms with Crippen LogP contribution in [0.1, 0.15) is 135 Å². The summed E-state index contributed by atoms with van der Waals surface area (Å²) in [6.07, 6.45) is 13.9. The van der Waals surface area contributed by atoms with Gasteiger partial charge in [-0.2, -0.15) is 0 Å². The van der Waals surface area contributed by atoms with E-state index in [9.17, 15) is 19.8 Å². The summed E-state index contributed by atoms with van der Waals surface area (Å²) in [5.74, 6) is -0.749. The summed E-state index contributed by atoms with van der Waals surface area (Å²) in [6, 6.07) is 3.53. The Morgan fingerprint density at radius 1 is 0.800 bits per heavy atom. The van der Waals surface area contributed by atoms with Crippen molar-refractivity contribution in [3.8, 4) is 0 Å². The minimum Gasteiger partial charge on any atom is -0.478 e. The average Bonchev–Trinajstić information content (AvgIpc) is 2.76. The summed E-state index contributed by atoms with van der Waals surface area (Å²) in [5.41, 5.74) is 2.00. The fourth-order valence-corrected chi connectivity index (χ4v) is 6.42. The molecule has 4 nitrogen and oxygen atoms in total. The van der Waals surface area contributed by atoms with Crippen LogP contribution in [0.2, 0.25) is 0 Å². The van der Waals surface area contributed by atoms with Crippen molar-refractivity contribution >= 4 is 11.9 Å². The minimum atomic E-state index is -1.13. The quantitative estimate of drug-likeness (QED) is 0.470. The van der Waals surface area contributed by atoms with Crippen LogP contribution in [0.3, 0.4) is 0 Å². The van der Waals surface area contributed by atoms with Gasteiger partial charge in [0.2, 0.25) is 0 Å². The first-order chi connectivity index (χ1) is 14.5. The highest BCUT2D eigenvalue weighted by Crippen LogP contribution is 2.47. The molecule has 0 amide bonds. The van der Waals surface area contributed by atoms with E-state index in [0.717, 1.165) is 36.8 Å². The Labute approximate surface area is 181 Å². The van der Waals surface area contributed by atoms with Crippen molar-refractivity contribution in [3.05, 3.63) is 34.4 Å². The zero-order valence-corrected chi connectivity index (χ0v) is 18.7. The molecule has 0 spiro atoms. The predicted octanol–water partition coefficient (Wildman–Crippen LogP) is 7.23. The van der Waals surface area contributed by atoms with E-state index in [4.69, 9.17) is 0 Å². The Bertz CT molecular complexity index is 742. The molecule has 0 radical (unpaired) electrons. The first-order valence-electron chi connectivity index (χ1n) is 12.1. The number of hydrogen-bond acceptors (Lipinski definition) is 2. The maximum atomic E-state index is 12.4. The molecule has 3 rings (SSSR count). The van der Waals surface area contributed by atoms with Gasteiger partial charge in [0.1, 0.15) is 0 Å². The molecule has 0 heterocycles. The van der Waals surface area contributed by atoms with Crippen LogP contribution >= 0.6 is 0 Å². The van der Waals surface area contributed by atoms with Crippen molar-refractivity contribution in [1.82, 2.24) is 0 Å². The average molecular weight is 415 g/mol. The molecule has 2 atom stereocenters. The van der Waals surface area contributed by atoms with Crippen molar-refractivity contribution in [2.75, 3.05) is 0 Å². The van der Waals surface area contributed by atoms with Gasteiger partial charge < -0.3 is 10.2 Å². The lowest BCUT2D eigenvalue weighted by molar-refractivity contribution is 0.0649. The Morgan fingerprint density at radius 2 is 1.30 bits per heavy atom. The standard InChI is InChI=1S/C26H38O4/c1-3-19(17-11-7-5-8-12-17)21-15-16-22(25(27)28)24(26(29)30)23(21)20(4-2)18-13-9-6-10-14-18/h15-20H,3-14H2,1-2H3,(H,27,28)(H,29,30). The van der Waals surface area contributed by atoms with E-state index in [1.807, 2.05) is 6.07 Å². The highest BCUT2D eigenvalue weighted by molar-refractivity contribution is 6.03. The SMILES string of the molecule is CCC(c1ccc(C(=O)O)c(C(=O)O)c1C(CC)C1CCCCC1)C1CCCCC1. The van der Waals surface area contributed by atoms with E-state index in [2.05, 4.69) is 13.8 Å². The van der Waals surface area contributed by atoms with Crippen LogP contribution in [0.25, 0.3) is 0 Å². The summed E-state index contributed by atoms with van der Waals surface area (Å²) in [5, 5.41) is 19.9. The summed E-state index contributed by atoms with van der Waals surface area (Å²) in [4.78, 5) is 24.4. The lowest BCUT2D eigenvalue weighted by Crippen LogP contribution is -2.25. The smallest absolute Gasteiger partial charge is 0.336 e. The molecule has 0 saturated heterocycles. The summed E-state index contributed by atoms with van der Waals surface area (Å²) >= 11 is 0. The second kappa shape index (κ2) is 10.5. The number of aromatic carboxylic acids is 2. The first-order valence-corrected chi connectivity index (χ1v) is 12.1. The molecule has 0 aromatic heterocycles. The summed E-state index contributed by atoms with van der Waals surface area (Å²) < 4.78 is 0. The number of carboxylic acid groups (broad SMARTS) is 2. The zero-order valence-electron chi connectivity index (χ0n) is 18.7. The van der Waals surface area contributed by atoms with Gasteiger partial charge >= 0.3 is 11.9 Å². The Balaban J connectivity index is 2.18. The molecule has 2 N–H and O–H groups in total. The lowest BCUT2D eigenvalue weighted by Gasteiger charge is -2.36. The van der Waals surface area contributed by atoms with Gasteiger partial charge in [-0.3, -0.25) is 0 Å². The first kappa shape index (κ1) is 22.8. The van der Waals surface area contributed by atoms with E-state index in [1.54, 1.807) is 6.07 Å². The van der Waals surface area contributed by atoms with E-state index in [1.165, 1.54) is 51.4 Å². The third-order valence-electron chi connectivity index (χ3n) is 7.81. The van der Waals surface area contributed by atoms with Gasteiger partial charge in [0.25, 0.3) is 0 Å². The Hall–Kier alpha value is -1.84. The summed E-state index contributed by atoms with van der Waals surface area (Å²) in [6.45, 7) is 4.35. The molecule has 30 heavy (non-hydrogen) atoms. The van der Waals surface area contributed by atoms with Gasteiger partial charge in [-0.05, 0) is 79.4 Å². The van der Waals surface area contributed by atoms with E-state index in [0.29, 0.717) is 17.8 Å². The third kappa shape index (κ3) is 4.73. The molecule has 1 aromatic rings. The van der Waals surface area contributed by atoms with Crippen LogP contribution < -0.4 is 0 Å². The Morgan fingerprint density at radius 3 is 1.73 bits per heavy atom. The van der Waals surface area contributed by atoms with E-state index in [-0.39, 0.29) is 17.0 Å². The van der Waals surface area contributed by atoms with E-state index >= 15 is 0 Å². The molecule has 0 bridgehead atoms. The highest BCUT2D eigenvalue weighted by atomic mass is 16.4. The Kier molecular flexibility index (Phi) is 7.96. The van der Waals surface area contributed by atoms with Crippen LogP contribution in [0.15, 0.2) is 12.1 Å². The molecule has 166 valence electrons. The molecule has 2 aliphatic carbocycles. The molecule has 2 unspecified atom stereocenters. The van der Waals surface area contributed by atoms with Gasteiger partial charge in [-0.1, -0.05) is 58.4 Å². The molecular weight excluding hydrogens is 376 g/mol. The van der Waals surface area contributed by atoms with Crippen molar-refractivity contribution in [1.29, 1.82) is 0 Å². The highest BCUT2D eigenvalue weighted by Gasteiger charge is 2.35. The molecule has 2 saturated carbocycles. The number of hydrogen-bond donors (Lipinski definition) is 2. The predicted molar refractivity (Wildman–Crippen MR) is 120 cm³/mol. The second-order valence-electron chi connectivity index (χ2n) is 9.43. The van der Waals surface area contributed by atoms with Crippen LogP contribution in [-0.4, -0.2) is 22.2 Å². The number of carbonyl (C=O) groups is 2. The van der Waals surface area contributed by atoms with Gasteiger partial charge in [0.15, 0.2) is 0 Å². The maximum Gasteiger partial charge on any atom is 0.336 e. The van der Waals surface area contributed by atoms with Gasteiger partial charge in [0, 0.05) is 0 Å². The van der Waals surface area contributed by atoms with Gasteiger partial charge in [0.05, 0.1) is 11.1 Å². The molecular formula is C26H38O4. The number of carboxylic acids is 2. The van der Waals surface area contributed by atoms with Crippen LogP contribution in [0.4, 0.5) is 0 Å². The van der Waals surface area contributed by atoms with Crippen molar-refractivity contribution in [2.45, 2.75) is 103 Å². The fraction of sp³-hybridized carbons (Fsp3) is 0.692.